The second-order valence-electron chi connectivity index (χ2n) is 10.5. The SMILES string of the molecule is N#CC1=C(n2cccc2)N(c2ccc(F)cc2)C2=C(C(=O)CCC2)[C@]12C(=O)N(Cc1ccccc1)c1ccccc12. The molecule has 0 saturated carbocycles. The molecule has 0 saturated heterocycles. The minimum absolute atomic E-state index is 0.151. The van der Waals surface area contributed by atoms with Crippen molar-refractivity contribution in [2.45, 2.75) is 31.2 Å². The van der Waals surface area contributed by atoms with Crippen LogP contribution < -0.4 is 9.80 Å². The van der Waals surface area contributed by atoms with Gasteiger partial charge in [0.15, 0.2) is 5.78 Å². The van der Waals surface area contributed by atoms with Crippen LogP contribution >= 0.6 is 0 Å². The van der Waals surface area contributed by atoms with Gasteiger partial charge in [0.2, 0.25) is 5.91 Å². The summed E-state index contributed by atoms with van der Waals surface area (Å²) in [5, 5.41) is 11.0. The smallest absolute Gasteiger partial charge is 0.248 e. The van der Waals surface area contributed by atoms with E-state index in [1.807, 2.05) is 88.6 Å². The number of amides is 1. The zero-order valence-electron chi connectivity index (χ0n) is 22.1. The lowest BCUT2D eigenvalue weighted by Crippen LogP contribution is -2.51. The number of Topliss-reactive ketones (excluding diaryl/α,β-unsaturated/α-hetero) is 1. The van der Waals surface area contributed by atoms with Crippen LogP contribution in [0.2, 0.25) is 0 Å². The molecule has 7 rings (SSSR count). The number of ketones is 1. The predicted octanol–water partition coefficient (Wildman–Crippen LogP) is 6.33. The lowest BCUT2D eigenvalue weighted by atomic mass is 9.63. The van der Waals surface area contributed by atoms with Gasteiger partial charge in [-0.15, -0.1) is 0 Å². The lowest BCUT2D eigenvalue weighted by molar-refractivity contribution is -0.124. The van der Waals surface area contributed by atoms with Crippen molar-refractivity contribution in [2.75, 3.05) is 9.80 Å². The molecule has 1 amide bonds. The molecule has 0 N–H and O–H groups in total. The van der Waals surface area contributed by atoms with Gasteiger partial charge >= 0.3 is 0 Å². The number of hydrogen-bond acceptors (Lipinski definition) is 4. The monoisotopic (exact) mass is 540 g/mol. The predicted molar refractivity (Wildman–Crippen MR) is 154 cm³/mol. The molecule has 200 valence electrons. The average molecular weight is 541 g/mol. The first-order valence-electron chi connectivity index (χ1n) is 13.6. The summed E-state index contributed by atoms with van der Waals surface area (Å²) >= 11 is 0. The minimum atomic E-state index is -1.61. The highest BCUT2D eigenvalue weighted by Crippen LogP contribution is 2.58. The van der Waals surface area contributed by atoms with Crippen molar-refractivity contribution < 1.29 is 14.0 Å². The second kappa shape index (κ2) is 9.46. The van der Waals surface area contributed by atoms with E-state index >= 15 is 0 Å². The van der Waals surface area contributed by atoms with Crippen LogP contribution in [0, 0.1) is 17.1 Å². The molecular weight excluding hydrogens is 515 g/mol. The maximum absolute atomic E-state index is 15.0. The lowest BCUT2D eigenvalue weighted by Gasteiger charge is -2.45. The number of aromatic nitrogens is 1. The Morgan fingerprint density at radius 1 is 0.854 bits per heavy atom. The standard InChI is InChI=1S/C34H25FN4O2/c35-24-15-17-25(18-16-24)39-29-13-8-14-30(40)31(29)34(27(21-36)32(39)37-19-6-7-20-37)26-11-4-5-12-28(26)38(33(34)41)22-23-9-2-1-3-10-23/h1-7,9-12,15-20H,8,13-14,22H2/t34-/m1/s1. The molecule has 3 aromatic carbocycles. The Labute approximate surface area is 236 Å². The maximum Gasteiger partial charge on any atom is 0.248 e. The van der Waals surface area contributed by atoms with E-state index in [0.717, 1.165) is 5.56 Å². The molecule has 0 fully saturated rings. The van der Waals surface area contributed by atoms with Crippen LogP contribution in [0.3, 0.4) is 0 Å². The topological polar surface area (TPSA) is 69.3 Å². The molecule has 6 nitrogen and oxygen atoms in total. The van der Waals surface area contributed by atoms with Gasteiger partial charge in [0, 0.05) is 47.0 Å². The summed E-state index contributed by atoms with van der Waals surface area (Å²) in [4.78, 5) is 32.6. The molecule has 0 radical (unpaired) electrons. The van der Waals surface area contributed by atoms with E-state index < -0.39 is 5.41 Å². The summed E-state index contributed by atoms with van der Waals surface area (Å²) in [5.41, 5.74) is 2.43. The molecule has 0 bridgehead atoms. The van der Waals surface area contributed by atoms with E-state index in [1.54, 1.807) is 17.0 Å². The molecule has 1 spiro atoms. The second-order valence-corrected chi connectivity index (χ2v) is 10.5. The van der Waals surface area contributed by atoms with E-state index in [0.29, 0.717) is 53.4 Å². The number of nitrogens with zero attached hydrogens (tertiary/aromatic N) is 4. The fourth-order valence-corrected chi connectivity index (χ4v) is 6.59. The van der Waals surface area contributed by atoms with Crippen LogP contribution in [0.15, 0.2) is 120 Å². The molecule has 1 aliphatic carbocycles. The summed E-state index contributed by atoms with van der Waals surface area (Å²) in [6.07, 6.45) is 5.05. The molecule has 3 aliphatic rings. The van der Waals surface area contributed by atoms with E-state index in [9.17, 15) is 19.2 Å². The zero-order chi connectivity index (χ0) is 28.1. The van der Waals surface area contributed by atoms with Crippen LogP contribution in [0.25, 0.3) is 5.82 Å². The third kappa shape index (κ3) is 3.54. The van der Waals surface area contributed by atoms with Gasteiger partial charge in [-0.05, 0) is 60.9 Å². The van der Waals surface area contributed by atoms with Gasteiger partial charge in [-0.2, -0.15) is 5.26 Å². The average Bonchev–Trinajstić information content (AvgIpc) is 3.61. The van der Waals surface area contributed by atoms with Crippen molar-refractivity contribution in [1.82, 2.24) is 4.57 Å². The minimum Gasteiger partial charge on any atom is -0.309 e. The van der Waals surface area contributed by atoms with E-state index in [1.165, 1.54) is 12.1 Å². The van der Waals surface area contributed by atoms with Crippen LogP contribution in [0.5, 0.6) is 0 Å². The molecule has 4 aromatic rings. The van der Waals surface area contributed by atoms with Crippen molar-refractivity contribution >= 4 is 28.9 Å². The summed E-state index contributed by atoms with van der Waals surface area (Å²) in [5.74, 6) is -0.394. The molecule has 1 aromatic heterocycles. The van der Waals surface area contributed by atoms with Gasteiger partial charge in [0.05, 0.1) is 12.1 Å². The summed E-state index contributed by atoms with van der Waals surface area (Å²) in [6.45, 7) is 0.300. The number of benzene rings is 3. The molecule has 3 heterocycles. The number of carbonyl (C=O) groups excluding carboxylic acids is 2. The maximum atomic E-state index is 15.0. The number of nitriles is 1. The number of para-hydroxylation sites is 1. The first-order valence-corrected chi connectivity index (χ1v) is 13.6. The number of allylic oxidation sites excluding steroid dienone is 1. The highest BCUT2D eigenvalue weighted by molar-refractivity contribution is 6.22. The number of carbonyl (C=O) groups is 2. The number of hydrogen-bond donors (Lipinski definition) is 0. The first-order chi connectivity index (χ1) is 20.1. The van der Waals surface area contributed by atoms with Gasteiger partial charge in [-0.3, -0.25) is 14.5 Å². The highest BCUT2D eigenvalue weighted by atomic mass is 19.1. The molecule has 2 aliphatic heterocycles. The van der Waals surface area contributed by atoms with Crippen molar-refractivity contribution in [3.8, 4) is 6.07 Å². The van der Waals surface area contributed by atoms with Crippen molar-refractivity contribution in [3.63, 3.8) is 0 Å². The zero-order valence-corrected chi connectivity index (χ0v) is 22.1. The Balaban J connectivity index is 1.57. The largest absolute Gasteiger partial charge is 0.309 e. The first kappa shape index (κ1) is 24.8. The number of anilines is 2. The Hall–Kier alpha value is -5.22. The molecular formula is C34H25FN4O2. The third-order valence-electron chi connectivity index (χ3n) is 8.23. The third-order valence-corrected chi connectivity index (χ3v) is 8.23. The van der Waals surface area contributed by atoms with Crippen LogP contribution in [0.1, 0.15) is 30.4 Å². The Morgan fingerprint density at radius 2 is 1.56 bits per heavy atom. The van der Waals surface area contributed by atoms with Crippen molar-refractivity contribution in [2.24, 2.45) is 0 Å². The Kier molecular flexibility index (Phi) is 5.72. The van der Waals surface area contributed by atoms with Crippen LogP contribution in [-0.4, -0.2) is 16.3 Å². The Morgan fingerprint density at radius 3 is 2.29 bits per heavy atom. The van der Waals surface area contributed by atoms with Gasteiger partial charge in [-0.25, -0.2) is 4.39 Å². The number of halogens is 1. The molecule has 41 heavy (non-hydrogen) atoms. The van der Waals surface area contributed by atoms with Crippen molar-refractivity contribution in [1.29, 1.82) is 5.26 Å². The van der Waals surface area contributed by atoms with Gasteiger partial charge in [0.1, 0.15) is 23.1 Å². The number of rotatable bonds is 4. The summed E-state index contributed by atoms with van der Waals surface area (Å²) < 4.78 is 15.8. The fraction of sp³-hybridized carbons (Fsp3) is 0.147. The summed E-state index contributed by atoms with van der Waals surface area (Å²) in [7, 11) is 0. The van der Waals surface area contributed by atoms with Gasteiger partial charge < -0.3 is 9.47 Å². The van der Waals surface area contributed by atoms with E-state index in [2.05, 4.69) is 6.07 Å². The molecule has 1 atom stereocenters. The van der Waals surface area contributed by atoms with Crippen LogP contribution in [0.4, 0.5) is 15.8 Å². The van der Waals surface area contributed by atoms with Gasteiger partial charge in [-0.1, -0.05) is 48.5 Å². The normalized spacial score (nSPS) is 20.0. The molecule has 7 heteroatoms. The highest BCUT2D eigenvalue weighted by Gasteiger charge is 2.62. The summed E-state index contributed by atoms with van der Waals surface area (Å²) in [6, 6.07) is 29.3. The molecule has 0 unspecified atom stereocenters. The van der Waals surface area contributed by atoms with E-state index in [-0.39, 0.29) is 29.5 Å². The van der Waals surface area contributed by atoms with Crippen molar-refractivity contribution in [3.05, 3.63) is 137 Å². The number of fused-ring (bicyclic) bond motifs is 3. The fourth-order valence-electron chi connectivity index (χ4n) is 6.59. The Bertz CT molecular complexity index is 1800. The van der Waals surface area contributed by atoms with Gasteiger partial charge in [0.25, 0.3) is 0 Å². The van der Waals surface area contributed by atoms with E-state index in [4.69, 9.17) is 0 Å². The van der Waals surface area contributed by atoms with Crippen LogP contribution in [-0.2, 0) is 21.5 Å². The quantitative estimate of drug-likeness (QED) is 0.303.